The zero-order chi connectivity index (χ0) is 9.84. The monoisotopic (exact) mass is 186 g/mol. The van der Waals surface area contributed by atoms with E-state index in [-0.39, 0.29) is 24.7 Å². The topological polar surface area (TPSA) is 41.6 Å². The predicted molar refractivity (Wildman–Crippen MR) is 50.5 cm³/mol. The zero-order valence-electron chi connectivity index (χ0n) is 8.54. The van der Waals surface area contributed by atoms with E-state index >= 15 is 0 Å². The Bertz CT molecular complexity index is 178. The van der Waals surface area contributed by atoms with Crippen molar-refractivity contribution in [3.8, 4) is 0 Å². The lowest BCUT2D eigenvalue weighted by atomic mass is 10.2. The standard InChI is InChI=1S/C9H18N2O2/c1-7(2)11(3)9(12)6-13-8-4-10-5-8/h7-8,10H,4-6H2,1-3H3. The Morgan fingerprint density at radius 2 is 2.23 bits per heavy atom. The van der Waals surface area contributed by atoms with Crippen molar-refractivity contribution in [1.82, 2.24) is 10.2 Å². The summed E-state index contributed by atoms with van der Waals surface area (Å²) in [7, 11) is 1.80. The van der Waals surface area contributed by atoms with Crippen LogP contribution in [0.4, 0.5) is 0 Å². The van der Waals surface area contributed by atoms with Gasteiger partial charge in [-0.1, -0.05) is 0 Å². The molecular formula is C9H18N2O2. The van der Waals surface area contributed by atoms with Crippen molar-refractivity contribution in [2.75, 3.05) is 26.7 Å². The molecule has 76 valence electrons. The Hall–Kier alpha value is -0.610. The minimum absolute atomic E-state index is 0.0573. The summed E-state index contributed by atoms with van der Waals surface area (Å²) >= 11 is 0. The van der Waals surface area contributed by atoms with Gasteiger partial charge in [0.25, 0.3) is 0 Å². The highest BCUT2D eigenvalue weighted by Crippen LogP contribution is 2.00. The molecule has 1 heterocycles. The Balaban J connectivity index is 2.16. The first-order valence-corrected chi connectivity index (χ1v) is 4.69. The Kier molecular flexibility index (Phi) is 3.69. The van der Waals surface area contributed by atoms with Crippen molar-refractivity contribution in [3.05, 3.63) is 0 Å². The molecule has 13 heavy (non-hydrogen) atoms. The number of likely N-dealkylation sites (N-methyl/N-ethyl adjacent to an activating group) is 1. The number of hydrogen-bond donors (Lipinski definition) is 1. The van der Waals surface area contributed by atoms with Gasteiger partial charge in [-0.2, -0.15) is 0 Å². The molecule has 1 fully saturated rings. The molecule has 4 nitrogen and oxygen atoms in total. The van der Waals surface area contributed by atoms with Gasteiger partial charge < -0.3 is 15.0 Å². The summed E-state index contributed by atoms with van der Waals surface area (Å²) in [4.78, 5) is 13.1. The zero-order valence-corrected chi connectivity index (χ0v) is 8.54. The summed E-state index contributed by atoms with van der Waals surface area (Å²) in [6, 6.07) is 0.246. The number of hydrogen-bond acceptors (Lipinski definition) is 3. The molecule has 0 radical (unpaired) electrons. The van der Waals surface area contributed by atoms with Crippen LogP contribution in [0, 0.1) is 0 Å². The molecule has 0 spiro atoms. The third kappa shape index (κ3) is 2.97. The maximum absolute atomic E-state index is 11.4. The third-order valence-electron chi connectivity index (χ3n) is 2.35. The van der Waals surface area contributed by atoms with Crippen LogP contribution in [0.1, 0.15) is 13.8 Å². The summed E-state index contributed by atoms with van der Waals surface area (Å²) < 4.78 is 5.36. The smallest absolute Gasteiger partial charge is 0.248 e. The molecule has 4 heteroatoms. The van der Waals surface area contributed by atoms with Crippen LogP contribution in [0.5, 0.6) is 0 Å². The number of rotatable bonds is 4. The highest BCUT2D eigenvalue weighted by Gasteiger charge is 2.19. The molecule has 0 aliphatic carbocycles. The number of carbonyl (C=O) groups is 1. The highest BCUT2D eigenvalue weighted by atomic mass is 16.5. The molecule has 0 aromatic rings. The van der Waals surface area contributed by atoms with Crippen molar-refractivity contribution in [1.29, 1.82) is 0 Å². The molecule has 1 saturated heterocycles. The van der Waals surface area contributed by atoms with Crippen molar-refractivity contribution < 1.29 is 9.53 Å². The van der Waals surface area contributed by atoms with Crippen LogP contribution >= 0.6 is 0 Å². The van der Waals surface area contributed by atoms with Crippen LogP contribution < -0.4 is 5.32 Å². The maximum atomic E-state index is 11.4. The maximum Gasteiger partial charge on any atom is 0.248 e. The molecule has 0 bridgehead atoms. The average molecular weight is 186 g/mol. The van der Waals surface area contributed by atoms with Crippen LogP contribution in [0.3, 0.4) is 0 Å². The van der Waals surface area contributed by atoms with Crippen LogP contribution in [-0.4, -0.2) is 49.7 Å². The second-order valence-electron chi connectivity index (χ2n) is 3.69. The first-order chi connectivity index (χ1) is 6.11. The predicted octanol–water partition coefficient (Wildman–Crippen LogP) is -0.158. The van der Waals surface area contributed by atoms with E-state index in [2.05, 4.69) is 5.32 Å². The molecule has 0 atom stereocenters. The lowest BCUT2D eigenvalue weighted by Gasteiger charge is -2.28. The molecule has 1 aliphatic heterocycles. The van der Waals surface area contributed by atoms with E-state index in [1.54, 1.807) is 11.9 Å². The summed E-state index contributed by atoms with van der Waals surface area (Å²) in [6.07, 6.45) is 0.240. The number of carbonyl (C=O) groups excluding carboxylic acids is 1. The molecule has 1 rings (SSSR count). The van der Waals surface area contributed by atoms with Crippen molar-refractivity contribution >= 4 is 5.91 Å². The third-order valence-corrected chi connectivity index (χ3v) is 2.35. The number of amides is 1. The first kappa shape index (κ1) is 10.5. The molecule has 1 aliphatic rings. The lowest BCUT2D eigenvalue weighted by molar-refractivity contribution is -0.139. The summed E-state index contributed by atoms with van der Waals surface area (Å²) in [5.41, 5.74) is 0. The Morgan fingerprint density at radius 3 is 2.62 bits per heavy atom. The lowest BCUT2D eigenvalue weighted by Crippen LogP contribution is -2.50. The van der Waals surface area contributed by atoms with E-state index in [0.29, 0.717) is 0 Å². The van der Waals surface area contributed by atoms with E-state index in [0.717, 1.165) is 13.1 Å². The van der Waals surface area contributed by atoms with Crippen LogP contribution in [0.2, 0.25) is 0 Å². The van der Waals surface area contributed by atoms with Crippen LogP contribution in [0.15, 0.2) is 0 Å². The summed E-state index contributed by atoms with van der Waals surface area (Å²) in [5.74, 6) is 0.0573. The van der Waals surface area contributed by atoms with Crippen molar-refractivity contribution in [3.63, 3.8) is 0 Å². The fourth-order valence-electron chi connectivity index (χ4n) is 0.959. The van der Waals surface area contributed by atoms with Crippen LogP contribution in [-0.2, 0) is 9.53 Å². The largest absolute Gasteiger partial charge is 0.366 e. The van der Waals surface area contributed by atoms with Gasteiger partial charge in [0.05, 0.1) is 6.10 Å². The fraction of sp³-hybridized carbons (Fsp3) is 0.889. The molecule has 0 aromatic heterocycles. The number of nitrogens with zero attached hydrogens (tertiary/aromatic N) is 1. The molecular weight excluding hydrogens is 168 g/mol. The van der Waals surface area contributed by atoms with Gasteiger partial charge in [-0.05, 0) is 13.8 Å². The summed E-state index contributed by atoms with van der Waals surface area (Å²) in [5, 5.41) is 3.09. The second-order valence-corrected chi connectivity index (χ2v) is 3.69. The highest BCUT2D eigenvalue weighted by molar-refractivity contribution is 5.77. The molecule has 1 amide bonds. The first-order valence-electron chi connectivity index (χ1n) is 4.69. The van der Waals surface area contributed by atoms with Gasteiger partial charge in [-0.15, -0.1) is 0 Å². The van der Waals surface area contributed by atoms with E-state index in [4.69, 9.17) is 4.74 Å². The van der Waals surface area contributed by atoms with Crippen molar-refractivity contribution in [2.45, 2.75) is 26.0 Å². The molecule has 0 aromatic carbocycles. The number of nitrogens with one attached hydrogen (secondary N) is 1. The fourth-order valence-corrected chi connectivity index (χ4v) is 0.959. The summed E-state index contributed by atoms with van der Waals surface area (Å²) in [6.45, 7) is 5.93. The molecule has 1 N–H and O–H groups in total. The van der Waals surface area contributed by atoms with Gasteiger partial charge >= 0.3 is 0 Å². The van der Waals surface area contributed by atoms with Gasteiger partial charge in [-0.3, -0.25) is 4.79 Å². The van der Waals surface area contributed by atoms with E-state index in [9.17, 15) is 4.79 Å². The minimum Gasteiger partial charge on any atom is -0.366 e. The molecule has 0 unspecified atom stereocenters. The number of ether oxygens (including phenoxy) is 1. The van der Waals surface area contributed by atoms with Gasteiger partial charge in [0.1, 0.15) is 6.61 Å². The molecule has 0 saturated carbocycles. The Morgan fingerprint density at radius 1 is 1.62 bits per heavy atom. The Labute approximate surface area is 79.2 Å². The van der Waals surface area contributed by atoms with Gasteiger partial charge in [0, 0.05) is 26.2 Å². The minimum atomic E-state index is 0.0573. The average Bonchev–Trinajstić information content (AvgIpc) is 1.99. The van der Waals surface area contributed by atoms with Crippen LogP contribution in [0.25, 0.3) is 0 Å². The normalized spacial score (nSPS) is 17.2. The quantitative estimate of drug-likeness (QED) is 0.663. The van der Waals surface area contributed by atoms with Gasteiger partial charge in [0.2, 0.25) is 5.91 Å². The SMILES string of the molecule is CC(C)N(C)C(=O)COC1CNC1. The van der Waals surface area contributed by atoms with E-state index < -0.39 is 0 Å². The van der Waals surface area contributed by atoms with Gasteiger partial charge in [0.15, 0.2) is 0 Å². The second kappa shape index (κ2) is 4.58. The van der Waals surface area contributed by atoms with E-state index in [1.807, 2.05) is 13.8 Å². The van der Waals surface area contributed by atoms with Gasteiger partial charge in [-0.25, -0.2) is 0 Å². The van der Waals surface area contributed by atoms with E-state index in [1.165, 1.54) is 0 Å². The van der Waals surface area contributed by atoms with Crippen molar-refractivity contribution in [2.24, 2.45) is 0 Å².